The Morgan fingerprint density at radius 3 is 2.28 bits per heavy atom. The molecule has 2 aliphatic carbocycles. The zero-order chi connectivity index (χ0) is 45.3. The van der Waals surface area contributed by atoms with Crippen molar-refractivity contribution in [3.8, 4) is 11.5 Å². The van der Waals surface area contributed by atoms with Crippen molar-refractivity contribution in [1.82, 2.24) is 4.90 Å². The fourth-order valence-electron chi connectivity index (χ4n) is 9.59. The molecule has 1 aliphatic heterocycles. The predicted octanol–water partition coefficient (Wildman–Crippen LogP) is 9.98. The molecule has 0 spiro atoms. The van der Waals surface area contributed by atoms with Crippen LogP contribution in [0.1, 0.15) is 67.6 Å². The summed E-state index contributed by atoms with van der Waals surface area (Å²) in [5.41, 5.74) is 4.69. The number of allylic oxidation sites excluding steroid dienone is 1. The molecule has 0 radical (unpaired) electrons. The molecule has 1 saturated carbocycles. The van der Waals surface area contributed by atoms with Crippen LogP contribution in [0.15, 0.2) is 144 Å². The first-order chi connectivity index (χ1) is 32.0. The molecule has 2 N–H and O–H groups in total. The maximum absolute atomic E-state index is 14.2. The average molecular weight is 905 g/mol. The second kappa shape index (κ2) is 24.4. The van der Waals surface area contributed by atoms with Crippen LogP contribution in [-0.4, -0.2) is 91.2 Å². The molecular formula is C53H64N2O9S. The van der Waals surface area contributed by atoms with Gasteiger partial charge in [-0.2, -0.15) is 0 Å². The molecule has 12 heteroatoms. The number of aliphatic hydroxyl groups is 2. The van der Waals surface area contributed by atoms with Gasteiger partial charge in [0.2, 0.25) is 5.79 Å². The van der Waals surface area contributed by atoms with E-state index in [4.69, 9.17) is 33.7 Å². The molecule has 11 nitrogen and oxygen atoms in total. The number of likely N-dealkylation sites (N-methyl/N-ethyl adjacent to an activating group) is 1. The van der Waals surface area contributed by atoms with Gasteiger partial charge in [-0.15, -0.1) is 18.3 Å². The van der Waals surface area contributed by atoms with Gasteiger partial charge in [-0.3, -0.25) is 0 Å². The van der Waals surface area contributed by atoms with Crippen LogP contribution in [0, 0.1) is 17.8 Å². The summed E-state index contributed by atoms with van der Waals surface area (Å²) in [6.07, 6.45) is 8.45. The van der Waals surface area contributed by atoms with Gasteiger partial charge in [0.25, 0.3) is 0 Å². The Hall–Kier alpha value is -5.11. The van der Waals surface area contributed by atoms with Crippen molar-refractivity contribution in [2.45, 2.75) is 80.8 Å². The lowest BCUT2D eigenvalue weighted by atomic mass is 9.55. The number of amides is 1. The van der Waals surface area contributed by atoms with E-state index in [2.05, 4.69) is 30.9 Å². The minimum absolute atomic E-state index is 0.0559. The van der Waals surface area contributed by atoms with Gasteiger partial charge < -0.3 is 43.6 Å². The maximum Gasteiger partial charge on any atom is 0.410 e. The number of aliphatic hydroxyl groups excluding tert-OH is 2. The van der Waals surface area contributed by atoms with Gasteiger partial charge in [-0.05, 0) is 84.6 Å². The van der Waals surface area contributed by atoms with Crippen molar-refractivity contribution in [2.24, 2.45) is 22.9 Å². The summed E-state index contributed by atoms with van der Waals surface area (Å²) in [7, 11) is 1.73. The lowest BCUT2D eigenvalue weighted by molar-refractivity contribution is -0.253. The number of hydrogen-bond donors (Lipinski definition) is 2. The summed E-state index contributed by atoms with van der Waals surface area (Å²) < 4.78 is 32.5. The van der Waals surface area contributed by atoms with E-state index in [1.54, 1.807) is 29.8 Å². The number of unbranched alkanes of at least 4 members (excludes halogenated alkanes) is 2. The third-order valence-corrected chi connectivity index (χ3v) is 13.6. The van der Waals surface area contributed by atoms with Crippen molar-refractivity contribution >= 4 is 23.6 Å². The molecule has 3 aliphatic rings. The Bertz CT molecular complexity index is 2160. The monoisotopic (exact) mass is 904 g/mol. The van der Waals surface area contributed by atoms with E-state index in [1.807, 2.05) is 91.0 Å². The highest BCUT2D eigenvalue weighted by atomic mass is 32.2. The number of carbonyl (C=O) groups excluding carboxylic acids is 1. The SMILES string of the molecule is C=CCOC12Oc3ccc(OCCSc4ccccc4)cc3C3C(CCCCO)C(CCCCO)C=C(C(=NOCc4ccccc4)CC1N(C)C(=O)OCCOCc1ccccc1)C32. The number of rotatable bonds is 25. The average Bonchev–Trinajstić information content (AvgIpc) is 3.34. The summed E-state index contributed by atoms with van der Waals surface area (Å²) in [6.45, 7) is 5.87. The minimum atomic E-state index is -1.40. The van der Waals surface area contributed by atoms with Crippen LogP contribution >= 0.6 is 11.8 Å². The highest BCUT2D eigenvalue weighted by molar-refractivity contribution is 7.99. The molecular weight excluding hydrogens is 841 g/mol. The molecule has 346 valence electrons. The van der Waals surface area contributed by atoms with E-state index in [0.717, 1.165) is 59.4 Å². The molecule has 6 unspecified atom stereocenters. The summed E-state index contributed by atoms with van der Waals surface area (Å²) in [5, 5.41) is 24.8. The van der Waals surface area contributed by atoms with Crippen LogP contribution in [0.3, 0.4) is 0 Å². The molecule has 4 aromatic carbocycles. The van der Waals surface area contributed by atoms with E-state index in [9.17, 15) is 15.0 Å². The van der Waals surface area contributed by atoms with Gasteiger partial charge in [-0.1, -0.05) is 109 Å². The van der Waals surface area contributed by atoms with Crippen LogP contribution < -0.4 is 9.47 Å². The van der Waals surface area contributed by atoms with E-state index >= 15 is 0 Å². The second-order valence-electron chi connectivity index (χ2n) is 16.8. The van der Waals surface area contributed by atoms with E-state index in [1.165, 1.54) is 4.90 Å². The van der Waals surface area contributed by atoms with Crippen LogP contribution in [0.2, 0.25) is 0 Å². The summed E-state index contributed by atoms with van der Waals surface area (Å²) >= 11 is 1.75. The Morgan fingerprint density at radius 1 is 0.877 bits per heavy atom. The van der Waals surface area contributed by atoms with Gasteiger partial charge >= 0.3 is 6.09 Å². The zero-order valence-corrected chi connectivity index (χ0v) is 38.3. The summed E-state index contributed by atoms with van der Waals surface area (Å²) in [5.74, 6) is 0.329. The number of nitrogens with zero attached hydrogens (tertiary/aromatic N) is 2. The lowest BCUT2D eigenvalue weighted by Crippen LogP contribution is -2.69. The fraction of sp³-hybridized carbons (Fsp3) is 0.434. The van der Waals surface area contributed by atoms with Gasteiger partial charge in [0, 0.05) is 48.8 Å². The van der Waals surface area contributed by atoms with Crippen LogP contribution in [0.5, 0.6) is 11.5 Å². The molecule has 6 atom stereocenters. The van der Waals surface area contributed by atoms with Crippen molar-refractivity contribution in [3.63, 3.8) is 0 Å². The topological polar surface area (TPSA) is 129 Å². The van der Waals surface area contributed by atoms with Crippen LogP contribution in [-0.2, 0) is 32.3 Å². The maximum atomic E-state index is 14.2. The number of fused-ring (bicyclic) bond motifs is 2. The molecule has 0 bridgehead atoms. The minimum Gasteiger partial charge on any atom is -0.493 e. The normalized spacial score (nSPS) is 22.5. The number of benzene rings is 4. The Balaban J connectivity index is 1.27. The van der Waals surface area contributed by atoms with E-state index < -0.39 is 23.8 Å². The van der Waals surface area contributed by atoms with Crippen molar-refractivity contribution < 1.29 is 43.5 Å². The Morgan fingerprint density at radius 2 is 1.57 bits per heavy atom. The largest absolute Gasteiger partial charge is 0.493 e. The van der Waals surface area contributed by atoms with E-state index in [0.29, 0.717) is 37.5 Å². The highest BCUT2D eigenvalue weighted by Crippen LogP contribution is 2.62. The third kappa shape index (κ3) is 12.2. The number of ether oxygens (including phenoxy) is 5. The summed E-state index contributed by atoms with van der Waals surface area (Å²) in [6, 6.07) is 35.4. The smallest absolute Gasteiger partial charge is 0.410 e. The van der Waals surface area contributed by atoms with Crippen molar-refractivity contribution in [3.05, 3.63) is 150 Å². The standard InChI is InChI=1S/C53H64N2O9S/c1-3-29-62-53-49(55(2)52(58)61-31-30-59-37-39-17-7-4-8-18-39)36-47(54-63-38-40-19-9-5-10-20-40)45-34-41(21-13-15-27-56)44(24-14-16-28-57)50(51(45)53)46-35-42(25-26-48(46)64-53)60-32-33-65-43-22-11-6-12-23-43/h3-12,17-20,22-23,25-26,34-35,41,44,49-51,56-57H,1,13-16,21,24,27-33,36-38H2,2H3. The first-order valence-corrected chi connectivity index (χ1v) is 24.0. The molecule has 65 heavy (non-hydrogen) atoms. The van der Waals surface area contributed by atoms with Crippen LogP contribution in [0.25, 0.3) is 0 Å². The Kier molecular flexibility index (Phi) is 18.0. The number of thioether (sulfide) groups is 1. The number of hydrogen-bond acceptors (Lipinski definition) is 11. The first kappa shape index (κ1) is 47.8. The molecule has 1 fully saturated rings. The van der Waals surface area contributed by atoms with Gasteiger partial charge in [0.1, 0.15) is 30.8 Å². The molecule has 1 heterocycles. The molecule has 1 amide bonds. The summed E-state index contributed by atoms with van der Waals surface area (Å²) in [4.78, 5) is 23.2. The molecule has 4 aromatic rings. The first-order valence-electron chi connectivity index (χ1n) is 23.0. The lowest BCUT2D eigenvalue weighted by Gasteiger charge is -2.59. The zero-order valence-electron chi connectivity index (χ0n) is 37.5. The van der Waals surface area contributed by atoms with Gasteiger partial charge in [0.15, 0.2) is 0 Å². The van der Waals surface area contributed by atoms with Gasteiger partial charge in [0.05, 0.1) is 38.1 Å². The Labute approximate surface area is 388 Å². The second-order valence-corrected chi connectivity index (χ2v) is 18.0. The predicted molar refractivity (Wildman–Crippen MR) is 254 cm³/mol. The number of oxime groups is 1. The quantitative estimate of drug-likeness (QED) is 0.0287. The van der Waals surface area contributed by atoms with Crippen LogP contribution in [0.4, 0.5) is 4.79 Å². The molecule has 0 saturated heterocycles. The van der Waals surface area contributed by atoms with Crippen molar-refractivity contribution in [1.29, 1.82) is 0 Å². The van der Waals surface area contributed by atoms with Crippen molar-refractivity contribution in [2.75, 3.05) is 52.4 Å². The number of carbonyl (C=O) groups is 1. The molecule has 7 rings (SSSR count). The highest BCUT2D eigenvalue weighted by Gasteiger charge is 2.65. The fourth-order valence-corrected chi connectivity index (χ4v) is 10.3. The van der Waals surface area contributed by atoms with Gasteiger partial charge in [-0.25, -0.2) is 4.79 Å². The third-order valence-electron chi connectivity index (χ3n) is 12.6. The van der Waals surface area contributed by atoms with E-state index in [-0.39, 0.29) is 63.8 Å². The molecule has 0 aromatic heterocycles.